The lowest BCUT2D eigenvalue weighted by Crippen LogP contribution is -2.35. The van der Waals surface area contributed by atoms with Crippen molar-refractivity contribution in [2.24, 2.45) is 0 Å². The molecule has 1 atom stereocenters. The summed E-state index contributed by atoms with van der Waals surface area (Å²) in [5.41, 5.74) is 0.816. The van der Waals surface area contributed by atoms with Gasteiger partial charge in [-0.1, -0.05) is 18.2 Å². The molecule has 2 aromatic carbocycles. The number of carbonyl (C=O) groups is 1. The monoisotopic (exact) mass is 335 g/mol. The van der Waals surface area contributed by atoms with Gasteiger partial charge in [-0.05, 0) is 43.2 Å². The molecule has 1 aliphatic heterocycles. The number of aromatic carboxylic acids is 1. The van der Waals surface area contributed by atoms with Crippen molar-refractivity contribution in [3.05, 3.63) is 59.4 Å². The number of benzene rings is 2. The van der Waals surface area contributed by atoms with Gasteiger partial charge in [-0.15, -0.1) is 0 Å². The predicted molar refractivity (Wildman–Crippen MR) is 82.6 cm³/mol. The Balaban J connectivity index is 2.13. The van der Waals surface area contributed by atoms with Crippen LogP contribution < -0.4 is 4.31 Å². The largest absolute Gasteiger partial charge is 0.478 e. The van der Waals surface area contributed by atoms with Crippen LogP contribution in [-0.4, -0.2) is 25.5 Å². The first kappa shape index (κ1) is 15.5. The summed E-state index contributed by atoms with van der Waals surface area (Å²) in [5, 5.41) is 8.98. The number of halogens is 1. The average Bonchev–Trinajstić information content (AvgIpc) is 2.83. The van der Waals surface area contributed by atoms with Crippen LogP contribution in [0, 0.1) is 5.82 Å². The van der Waals surface area contributed by atoms with Gasteiger partial charge in [0.15, 0.2) is 0 Å². The number of anilines is 1. The standard InChI is InChI=1S/C16H14FNO4S/c1-10-8-11-4-2-3-5-15(11)18(10)23(21,22)12-6-7-14(17)13(9-12)16(19)20/h2-7,9-10H,8H2,1H3,(H,19,20). The van der Waals surface area contributed by atoms with E-state index in [2.05, 4.69) is 0 Å². The minimum absolute atomic E-state index is 0.236. The Kier molecular flexibility index (Phi) is 3.60. The summed E-state index contributed by atoms with van der Waals surface area (Å²) < 4.78 is 40.6. The first-order chi connectivity index (χ1) is 10.8. The third kappa shape index (κ3) is 2.46. The maximum absolute atomic E-state index is 13.5. The van der Waals surface area contributed by atoms with Gasteiger partial charge >= 0.3 is 5.97 Å². The van der Waals surface area contributed by atoms with Crippen LogP contribution in [0.2, 0.25) is 0 Å². The molecule has 1 N–H and O–H groups in total. The van der Waals surface area contributed by atoms with Crippen molar-refractivity contribution in [2.75, 3.05) is 4.31 Å². The van der Waals surface area contributed by atoms with Crippen molar-refractivity contribution in [1.82, 2.24) is 0 Å². The molecule has 0 radical (unpaired) electrons. The lowest BCUT2D eigenvalue weighted by molar-refractivity contribution is 0.0691. The topological polar surface area (TPSA) is 74.7 Å². The molecule has 0 bridgehead atoms. The van der Waals surface area contributed by atoms with Gasteiger partial charge in [-0.2, -0.15) is 0 Å². The van der Waals surface area contributed by atoms with Gasteiger partial charge in [-0.25, -0.2) is 17.6 Å². The summed E-state index contributed by atoms with van der Waals surface area (Å²) in [6, 6.07) is 9.66. The van der Waals surface area contributed by atoms with Crippen LogP contribution in [-0.2, 0) is 16.4 Å². The second-order valence-electron chi connectivity index (χ2n) is 5.43. The molecule has 0 spiro atoms. The van der Waals surface area contributed by atoms with Gasteiger partial charge in [-0.3, -0.25) is 4.31 Å². The highest BCUT2D eigenvalue weighted by molar-refractivity contribution is 7.92. The number of para-hydroxylation sites is 1. The number of carboxylic acids is 1. The number of nitrogens with zero attached hydrogens (tertiary/aromatic N) is 1. The molecule has 1 heterocycles. The number of fused-ring (bicyclic) bond motifs is 1. The first-order valence-electron chi connectivity index (χ1n) is 6.97. The quantitative estimate of drug-likeness (QED) is 0.936. The number of hydrogen-bond donors (Lipinski definition) is 1. The molecule has 0 aromatic heterocycles. The lowest BCUT2D eigenvalue weighted by atomic mass is 10.1. The zero-order chi connectivity index (χ0) is 16.8. The van der Waals surface area contributed by atoms with Crippen molar-refractivity contribution >= 4 is 21.7 Å². The van der Waals surface area contributed by atoms with E-state index in [1.165, 1.54) is 4.31 Å². The summed E-state index contributed by atoms with van der Waals surface area (Å²) in [7, 11) is -3.97. The summed E-state index contributed by atoms with van der Waals surface area (Å²) in [6.07, 6.45) is 0.572. The highest BCUT2D eigenvalue weighted by Gasteiger charge is 2.36. The van der Waals surface area contributed by atoms with E-state index in [1.807, 2.05) is 12.1 Å². The summed E-state index contributed by atoms with van der Waals surface area (Å²) in [4.78, 5) is 10.8. The van der Waals surface area contributed by atoms with Crippen LogP contribution in [0.25, 0.3) is 0 Å². The molecular formula is C16H14FNO4S. The average molecular weight is 335 g/mol. The normalized spacial score (nSPS) is 17.1. The molecule has 0 aliphatic carbocycles. The molecule has 2 aromatic rings. The van der Waals surface area contributed by atoms with Gasteiger partial charge in [0, 0.05) is 6.04 Å². The molecule has 0 fully saturated rings. The number of rotatable bonds is 3. The first-order valence-corrected chi connectivity index (χ1v) is 8.41. The smallest absolute Gasteiger partial charge is 0.338 e. The minimum atomic E-state index is -3.97. The Hall–Kier alpha value is -2.41. The maximum Gasteiger partial charge on any atom is 0.338 e. The van der Waals surface area contributed by atoms with Gasteiger partial charge in [0.2, 0.25) is 0 Å². The van der Waals surface area contributed by atoms with E-state index in [4.69, 9.17) is 5.11 Å². The van der Waals surface area contributed by atoms with Crippen LogP contribution in [0.1, 0.15) is 22.8 Å². The fourth-order valence-corrected chi connectivity index (χ4v) is 4.57. The summed E-state index contributed by atoms with van der Waals surface area (Å²) in [6.45, 7) is 1.78. The molecule has 7 heteroatoms. The summed E-state index contributed by atoms with van der Waals surface area (Å²) in [5.74, 6) is -2.47. The Morgan fingerprint density at radius 1 is 1.26 bits per heavy atom. The van der Waals surface area contributed by atoms with E-state index >= 15 is 0 Å². The molecule has 23 heavy (non-hydrogen) atoms. The van der Waals surface area contributed by atoms with E-state index in [9.17, 15) is 17.6 Å². The number of sulfonamides is 1. The molecule has 1 aliphatic rings. The number of carboxylic acid groups (broad SMARTS) is 1. The van der Waals surface area contributed by atoms with Crippen LogP contribution in [0.4, 0.5) is 10.1 Å². The minimum Gasteiger partial charge on any atom is -0.478 e. The fraction of sp³-hybridized carbons (Fsp3) is 0.188. The van der Waals surface area contributed by atoms with Crippen LogP contribution >= 0.6 is 0 Å². The van der Waals surface area contributed by atoms with Gasteiger partial charge < -0.3 is 5.11 Å². The highest BCUT2D eigenvalue weighted by Crippen LogP contribution is 2.36. The Morgan fingerprint density at radius 2 is 1.96 bits per heavy atom. The van der Waals surface area contributed by atoms with Crippen molar-refractivity contribution < 1.29 is 22.7 Å². The van der Waals surface area contributed by atoms with Crippen LogP contribution in [0.5, 0.6) is 0 Å². The van der Waals surface area contributed by atoms with Gasteiger partial charge in [0.05, 0.1) is 16.1 Å². The van der Waals surface area contributed by atoms with Crippen molar-refractivity contribution in [3.63, 3.8) is 0 Å². The third-order valence-electron chi connectivity index (χ3n) is 3.87. The molecule has 5 nitrogen and oxygen atoms in total. The Morgan fingerprint density at radius 3 is 2.65 bits per heavy atom. The van der Waals surface area contributed by atoms with Gasteiger partial charge in [0.1, 0.15) is 5.82 Å². The second kappa shape index (κ2) is 5.34. The Labute approximate surface area is 133 Å². The predicted octanol–water partition coefficient (Wildman–Crippen LogP) is 2.66. The van der Waals surface area contributed by atoms with E-state index < -0.39 is 27.4 Å². The van der Waals surface area contributed by atoms with Crippen LogP contribution in [0.15, 0.2) is 47.4 Å². The fourth-order valence-electron chi connectivity index (χ4n) is 2.85. The molecular weight excluding hydrogens is 321 g/mol. The van der Waals surface area contributed by atoms with Crippen LogP contribution in [0.3, 0.4) is 0 Å². The van der Waals surface area contributed by atoms with Crippen molar-refractivity contribution in [1.29, 1.82) is 0 Å². The third-order valence-corrected chi connectivity index (χ3v) is 5.79. The van der Waals surface area contributed by atoms with E-state index in [-0.39, 0.29) is 10.9 Å². The zero-order valence-electron chi connectivity index (χ0n) is 12.2. The maximum atomic E-state index is 13.5. The lowest BCUT2D eigenvalue weighted by Gasteiger charge is -2.24. The van der Waals surface area contributed by atoms with E-state index in [0.29, 0.717) is 12.1 Å². The molecule has 120 valence electrons. The SMILES string of the molecule is CC1Cc2ccccc2N1S(=O)(=O)c1ccc(F)c(C(=O)O)c1. The molecule has 3 rings (SSSR count). The van der Waals surface area contributed by atoms with E-state index in [1.54, 1.807) is 19.1 Å². The van der Waals surface area contributed by atoms with Crippen molar-refractivity contribution in [2.45, 2.75) is 24.3 Å². The van der Waals surface area contributed by atoms with E-state index in [0.717, 1.165) is 23.8 Å². The molecule has 0 saturated heterocycles. The molecule has 0 amide bonds. The molecule has 0 saturated carbocycles. The number of hydrogen-bond acceptors (Lipinski definition) is 3. The van der Waals surface area contributed by atoms with Gasteiger partial charge in [0.25, 0.3) is 10.0 Å². The second-order valence-corrected chi connectivity index (χ2v) is 7.24. The van der Waals surface area contributed by atoms with Crippen molar-refractivity contribution in [3.8, 4) is 0 Å². The molecule has 1 unspecified atom stereocenters. The summed E-state index contributed by atoms with van der Waals surface area (Å²) >= 11 is 0. The Bertz CT molecular complexity index is 895. The highest BCUT2D eigenvalue weighted by atomic mass is 32.2. The zero-order valence-corrected chi connectivity index (χ0v) is 13.0.